The predicted octanol–water partition coefficient (Wildman–Crippen LogP) is 2.76. The predicted molar refractivity (Wildman–Crippen MR) is 85.9 cm³/mol. The third-order valence-corrected chi connectivity index (χ3v) is 4.55. The van der Waals surface area contributed by atoms with Crippen LogP contribution < -0.4 is 5.32 Å². The van der Waals surface area contributed by atoms with Crippen molar-refractivity contribution in [3.05, 3.63) is 33.8 Å². The van der Waals surface area contributed by atoms with Gasteiger partial charge in [0.15, 0.2) is 0 Å². The number of rotatable bonds is 5. The summed E-state index contributed by atoms with van der Waals surface area (Å²) in [5.74, 6) is 0.205. The number of halogens is 1. The number of carbonyl (C=O) groups is 1. The normalized spacial score (nSPS) is 17.6. The summed E-state index contributed by atoms with van der Waals surface area (Å²) in [4.78, 5) is 13.9. The van der Waals surface area contributed by atoms with Gasteiger partial charge in [0.25, 0.3) is 0 Å². The Labute approximate surface area is 129 Å². The van der Waals surface area contributed by atoms with Gasteiger partial charge in [-0.2, -0.15) is 0 Å². The third-order valence-electron chi connectivity index (χ3n) is 4.05. The molecule has 20 heavy (non-hydrogen) atoms. The Balaban J connectivity index is 1.87. The van der Waals surface area contributed by atoms with E-state index in [0.717, 1.165) is 36.8 Å². The molecule has 1 aromatic rings. The van der Waals surface area contributed by atoms with Crippen LogP contribution in [0.15, 0.2) is 22.7 Å². The molecule has 1 aliphatic rings. The molecule has 2 rings (SSSR count). The first-order valence-corrected chi connectivity index (χ1v) is 8.21. The van der Waals surface area contributed by atoms with Crippen LogP contribution in [0.25, 0.3) is 0 Å². The second kappa shape index (κ2) is 7.23. The van der Waals surface area contributed by atoms with E-state index in [1.807, 2.05) is 18.7 Å². The van der Waals surface area contributed by atoms with Crippen LogP contribution in [0.1, 0.15) is 31.4 Å². The van der Waals surface area contributed by atoms with Gasteiger partial charge in [-0.15, -0.1) is 0 Å². The van der Waals surface area contributed by atoms with Gasteiger partial charge in [-0.05, 0) is 56.4 Å². The SMILES string of the molecule is CCN(CC)C(=O)CNC1CCc2cc(Br)ccc2C1. The molecule has 0 radical (unpaired) electrons. The number of aryl methyl sites for hydroxylation is 1. The quantitative estimate of drug-likeness (QED) is 0.895. The van der Waals surface area contributed by atoms with Gasteiger partial charge in [-0.3, -0.25) is 4.79 Å². The van der Waals surface area contributed by atoms with E-state index in [-0.39, 0.29) is 5.91 Å². The Morgan fingerprint density at radius 2 is 2.10 bits per heavy atom. The van der Waals surface area contributed by atoms with E-state index in [1.165, 1.54) is 11.1 Å². The highest BCUT2D eigenvalue weighted by Crippen LogP contribution is 2.24. The summed E-state index contributed by atoms with van der Waals surface area (Å²) in [7, 11) is 0. The summed E-state index contributed by atoms with van der Waals surface area (Å²) in [6.45, 7) is 6.08. The number of carbonyl (C=O) groups excluding carboxylic acids is 1. The van der Waals surface area contributed by atoms with Gasteiger partial charge >= 0.3 is 0 Å². The maximum Gasteiger partial charge on any atom is 0.236 e. The van der Waals surface area contributed by atoms with Gasteiger partial charge in [0.1, 0.15) is 0 Å². The molecule has 1 N–H and O–H groups in total. The van der Waals surface area contributed by atoms with Gasteiger partial charge in [0, 0.05) is 23.6 Å². The Hall–Kier alpha value is -0.870. The number of nitrogens with zero attached hydrogens (tertiary/aromatic N) is 1. The molecule has 1 aromatic carbocycles. The zero-order valence-corrected chi connectivity index (χ0v) is 13.9. The van der Waals surface area contributed by atoms with Crippen LogP contribution in [0.5, 0.6) is 0 Å². The highest BCUT2D eigenvalue weighted by molar-refractivity contribution is 9.10. The minimum absolute atomic E-state index is 0.205. The minimum Gasteiger partial charge on any atom is -0.342 e. The van der Waals surface area contributed by atoms with E-state index < -0.39 is 0 Å². The maximum atomic E-state index is 12.0. The molecule has 1 amide bonds. The summed E-state index contributed by atoms with van der Waals surface area (Å²) in [6, 6.07) is 6.93. The van der Waals surface area contributed by atoms with Crippen LogP contribution in [0, 0.1) is 0 Å². The van der Waals surface area contributed by atoms with E-state index in [0.29, 0.717) is 12.6 Å². The number of fused-ring (bicyclic) bond motifs is 1. The van der Waals surface area contributed by atoms with Crippen LogP contribution in [0.3, 0.4) is 0 Å². The van der Waals surface area contributed by atoms with Gasteiger partial charge < -0.3 is 10.2 Å². The summed E-state index contributed by atoms with van der Waals surface area (Å²) in [5.41, 5.74) is 2.85. The second-order valence-corrected chi connectivity index (χ2v) is 6.22. The fraction of sp³-hybridized carbons (Fsp3) is 0.562. The van der Waals surface area contributed by atoms with Crippen molar-refractivity contribution in [3.63, 3.8) is 0 Å². The van der Waals surface area contributed by atoms with Gasteiger partial charge in [0.05, 0.1) is 6.54 Å². The number of nitrogens with one attached hydrogen (secondary N) is 1. The average Bonchev–Trinajstić information content (AvgIpc) is 2.46. The van der Waals surface area contributed by atoms with Crippen molar-refractivity contribution >= 4 is 21.8 Å². The minimum atomic E-state index is 0.205. The number of hydrogen-bond donors (Lipinski definition) is 1. The highest BCUT2D eigenvalue weighted by atomic mass is 79.9. The molecule has 3 nitrogen and oxygen atoms in total. The Bertz CT molecular complexity index is 472. The summed E-state index contributed by atoms with van der Waals surface area (Å²) in [6.07, 6.45) is 3.22. The number of likely N-dealkylation sites (N-methyl/N-ethyl adjacent to an activating group) is 1. The van der Waals surface area contributed by atoms with Crippen LogP contribution >= 0.6 is 15.9 Å². The standard InChI is InChI=1S/C16H23BrN2O/c1-3-19(4-2)16(20)11-18-15-8-6-12-9-14(17)7-5-13(12)10-15/h5,7,9,15,18H,3-4,6,8,10-11H2,1-2H3. The monoisotopic (exact) mass is 338 g/mol. The van der Waals surface area contributed by atoms with E-state index >= 15 is 0 Å². The molecule has 0 aromatic heterocycles. The molecule has 0 aliphatic heterocycles. The lowest BCUT2D eigenvalue weighted by atomic mass is 9.88. The van der Waals surface area contributed by atoms with Crippen molar-refractivity contribution in [2.75, 3.05) is 19.6 Å². The lowest BCUT2D eigenvalue weighted by Gasteiger charge is -2.27. The molecule has 0 saturated carbocycles. The van der Waals surface area contributed by atoms with E-state index in [1.54, 1.807) is 0 Å². The summed E-state index contributed by atoms with van der Waals surface area (Å²) in [5, 5.41) is 3.42. The van der Waals surface area contributed by atoms with E-state index in [9.17, 15) is 4.79 Å². The molecule has 0 heterocycles. The van der Waals surface area contributed by atoms with E-state index in [4.69, 9.17) is 0 Å². The summed E-state index contributed by atoms with van der Waals surface area (Å²) >= 11 is 3.52. The molecule has 110 valence electrons. The van der Waals surface area contributed by atoms with Crippen LogP contribution in [-0.4, -0.2) is 36.5 Å². The topological polar surface area (TPSA) is 32.3 Å². The van der Waals surface area contributed by atoms with Crippen LogP contribution in [-0.2, 0) is 17.6 Å². The average molecular weight is 339 g/mol. The number of hydrogen-bond acceptors (Lipinski definition) is 2. The lowest BCUT2D eigenvalue weighted by molar-refractivity contribution is -0.130. The molecule has 1 atom stereocenters. The fourth-order valence-electron chi connectivity index (χ4n) is 2.82. The van der Waals surface area contributed by atoms with Crippen molar-refractivity contribution in [3.8, 4) is 0 Å². The largest absolute Gasteiger partial charge is 0.342 e. The first kappa shape index (κ1) is 15.5. The first-order valence-electron chi connectivity index (χ1n) is 7.42. The molecule has 0 bridgehead atoms. The zero-order chi connectivity index (χ0) is 14.5. The van der Waals surface area contributed by atoms with Crippen LogP contribution in [0.4, 0.5) is 0 Å². The van der Waals surface area contributed by atoms with Crippen molar-refractivity contribution in [2.45, 2.75) is 39.2 Å². The van der Waals surface area contributed by atoms with Crippen molar-refractivity contribution in [2.24, 2.45) is 0 Å². The number of benzene rings is 1. The Morgan fingerprint density at radius 3 is 2.80 bits per heavy atom. The first-order chi connectivity index (χ1) is 9.63. The molecule has 0 saturated heterocycles. The van der Waals surface area contributed by atoms with Crippen LogP contribution in [0.2, 0.25) is 0 Å². The van der Waals surface area contributed by atoms with E-state index in [2.05, 4.69) is 39.4 Å². The van der Waals surface area contributed by atoms with Crippen molar-refractivity contribution in [1.82, 2.24) is 10.2 Å². The van der Waals surface area contributed by atoms with Crippen molar-refractivity contribution in [1.29, 1.82) is 0 Å². The highest BCUT2D eigenvalue weighted by Gasteiger charge is 2.19. The second-order valence-electron chi connectivity index (χ2n) is 5.30. The molecule has 0 fully saturated rings. The number of amides is 1. The zero-order valence-electron chi connectivity index (χ0n) is 12.3. The van der Waals surface area contributed by atoms with Crippen molar-refractivity contribution < 1.29 is 4.79 Å². The molecule has 1 unspecified atom stereocenters. The molecule has 4 heteroatoms. The maximum absolute atomic E-state index is 12.0. The lowest BCUT2D eigenvalue weighted by Crippen LogP contribution is -2.43. The Morgan fingerprint density at radius 1 is 1.35 bits per heavy atom. The molecular formula is C16H23BrN2O. The van der Waals surface area contributed by atoms with Gasteiger partial charge in [0.2, 0.25) is 5.91 Å². The molecule has 1 aliphatic carbocycles. The Kier molecular flexibility index (Phi) is 5.61. The third kappa shape index (κ3) is 3.83. The smallest absolute Gasteiger partial charge is 0.236 e. The molecular weight excluding hydrogens is 316 g/mol. The van der Waals surface area contributed by atoms with Gasteiger partial charge in [-0.1, -0.05) is 22.0 Å². The fourth-order valence-corrected chi connectivity index (χ4v) is 3.23. The van der Waals surface area contributed by atoms with Gasteiger partial charge in [-0.25, -0.2) is 0 Å². The summed E-state index contributed by atoms with van der Waals surface area (Å²) < 4.78 is 1.15. The molecule has 0 spiro atoms.